The Labute approximate surface area is 216 Å². The number of hydrogen-bond acceptors (Lipinski definition) is 6. The molecule has 1 saturated heterocycles. The van der Waals surface area contributed by atoms with E-state index in [0.29, 0.717) is 23.7 Å². The van der Waals surface area contributed by atoms with E-state index in [1.54, 1.807) is 13.1 Å². The van der Waals surface area contributed by atoms with Crippen LogP contribution in [0.15, 0.2) is 71.5 Å². The Hall–Kier alpha value is -4.19. The number of carbonyl (C=O) groups excluding carboxylic acids is 1. The molecule has 8 nitrogen and oxygen atoms in total. The zero-order valence-corrected chi connectivity index (χ0v) is 21.0. The summed E-state index contributed by atoms with van der Waals surface area (Å²) in [6.07, 6.45) is 2.81. The van der Waals surface area contributed by atoms with Crippen LogP contribution in [0.5, 0.6) is 0 Å². The number of aliphatic hydroxyl groups is 1. The average Bonchev–Trinajstić information content (AvgIpc) is 3.58. The number of piperazine rings is 1. The maximum absolute atomic E-state index is 12.7. The summed E-state index contributed by atoms with van der Waals surface area (Å²) in [6, 6.07) is 17.2. The van der Waals surface area contributed by atoms with Crippen LogP contribution in [0.4, 0.5) is 0 Å². The number of likely N-dealkylation sites (N-methyl/N-ethyl adjacent to an activating group) is 1. The fourth-order valence-electron chi connectivity index (χ4n) is 4.27. The third kappa shape index (κ3) is 5.80. The molecule has 188 valence electrons. The van der Waals surface area contributed by atoms with Crippen molar-refractivity contribution in [3.05, 3.63) is 95.2 Å². The minimum atomic E-state index is -0.655. The van der Waals surface area contributed by atoms with E-state index in [0.717, 1.165) is 48.6 Å². The largest absolute Gasteiger partial charge is 0.385 e. The monoisotopic (exact) mass is 495 g/mol. The Morgan fingerprint density at radius 2 is 1.68 bits per heavy atom. The van der Waals surface area contributed by atoms with Crippen molar-refractivity contribution in [2.24, 2.45) is 0 Å². The molecule has 37 heavy (non-hydrogen) atoms. The molecule has 1 amide bonds. The molecule has 1 aliphatic rings. The molecule has 1 aliphatic heterocycles. The van der Waals surface area contributed by atoms with Crippen molar-refractivity contribution in [2.45, 2.75) is 19.6 Å². The Morgan fingerprint density at radius 3 is 2.32 bits per heavy atom. The number of aliphatic hydroxyl groups excluding tert-OH is 1. The van der Waals surface area contributed by atoms with E-state index in [9.17, 15) is 9.90 Å². The number of aromatic nitrogens is 3. The van der Waals surface area contributed by atoms with Gasteiger partial charge in [-0.2, -0.15) is 0 Å². The second kappa shape index (κ2) is 10.8. The summed E-state index contributed by atoms with van der Waals surface area (Å²) in [4.78, 5) is 21.0. The molecule has 0 bridgehead atoms. The molecule has 0 unspecified atom stereocenters. The number of nitrogens with zero attached hydrogens (tertiary/aromatic N) is 5. The molecule has 0 spiro atoms. The minimum absolute atomic E-state index is 0.0761. The van der Waals surface area contributed by atoms with E-state index in [1.165, 1.54) is 0 Å². The summed E-state index contributed by atoms with van der Waals surface area (Å²) in [7, 11) is 2.08. The van der Waals surface area contributed by atoms with Gasteiger partial charge in [0, 0.05) is 66.9 Å². The summed E-state index contributed by atoms with van der Waals surface area (Å²) >= 11 is 0. The fourth-order valence-corrected chi connectivity index (χ4v) is 4.27. The van der Waals surface area contributed by atoms with E-state index >= 15 is 0 Å². The van der Waals surface area contributed by atoms with Gasteiger partial charge in [-0.1, -0.05) is 17.0 Å². The predicted molar refractivity (Wildman–Crippen MR) is 140 cm³/mol. The van der Waals surface area contributed by atoms with E-state index in [-0.39, 0.29) is 5.91 Å². The standard InChI is InChI=1S/C29H29N5O3/c1-21(35)28-30-13-14-34(28)20-26-19-27(37-31-26)24-9-5-22(6-10-24)3-4-23-7-11-25(12-8-23)29(36)33-17-15-32(2)16-18-33/h5-14,19,21,35H,15-18,20H2,1-2H3/t21-/m0/s1. The maximum Gasteiger partial charge on any atom is 0.253 e. The Morgan fingerprint density at radius 1 is 1.03 bits per heavy atom. The first-order chi connectivity index (χ1) is 18.0. The van der Waals surface area contributed by atoms with E-state index in [4.69, 9.17) is 4.52 Å². The van der Waals surface area contributed by atoms with Gasteiger partial charge in [0.05, 0.1) is 6.54 Å². The first-order valence-electron chi connectivity index (χ1n) is 12.3. The predicted octanol–water partition coefficient (Wildman–Crippen LogP) is 3.43. The molecule has 2 aromatic carbocycles. The van der Waals surface area contributed by atoms with E-state index < -0.39 is 6.10 Å². The van der Waals surface area contributed by atoms with E-state index in [2.05, 4.69) is 33.9 Å². The van der Waals surface area contributed by atoms with Crippen molar-refractivity contribution < 1.29 is 14.4 Å². The summed E-state index contributed by atoms with van der Waals surface area (Å²) in [5.74, 6) is 7.67. The lowest BCUT2D eigenvalue weighted by atomic mass is 10.1. The van der Waals surface area contributed by atoms with Gasteiger partial charge in [-0.25, -0.2) is 4.98 Å². The molecule has 0 saturated carbocycles. The van der Waals surface area contributed by atoms with Gasteiger partial charge in [0.15, 0.2) is 5.76 Å². The molecule has 3 heterocycles. The van der Waals surface area contributed by atoms with Gasteiger partial charge >= 0.3 is 0 Å². The van der Waals surface area contributed by atoms with Crippen molar-refractivity contribution in [1.82, 2.24) is 24.5 Å². The number of rotatable bonds is 5. The van der Waals surface area contributed by atoms with Crippen LogP contribution in [0.3, 0.4) is 0 Å². The van der Waals surface area contributed by atoms with Crippen LogP contribution < -0.4 is 0 Å². The van der Waals surface area contributed by atoms with Crippen molar-refractivity contribution in [2.75, 3.05) is 33.2 Å². The van der Waals surface area contributed by atoms with Crippen LogP contribution in [0.1, 0.15) is 46.0 Å². The lowest BCUT2D eigenvalue weighted by Gasteiger charge is -2.32. The van der Waals surface area contributed by atoms with Crippen LogP contribution >= 0.6 is 0 Å². The van der Waals surface area contributed by atoms with Gasteiger partial charge in [-0.15, -0.1) is 0 Å². The third-order valence-corrected chi connectivity index (χ3v) is 6.46. The highest BCUT2D eigenvalue weighted by Gasteiger charge is 2.20. The number of imidazole rings is 1. The zero-order valence-electron chi connectivity index (χ0n) is 21.0. The van der Waals surface area contributed by atoms with Gasteiger partial charge in [0.1, 0.15) is 17.6 Å². The van der Waals surface area contributed by atoms with Crippen molar-refractivity contribution in [3.63, 3.8) is 0 Å². The molecular weight excluding hydrogens is 466 g/mol. The summed E-state index contributed by atoms with van der Waals surface area (Å²) < 4.78 is 7.38. The first kappa shape index (κ1) is 24.5. The van der Waals surface area contributed by atoms with Gasteiger partial charge in [0.2, 0.25) is 0 Å². The van der Waals surface area contributed by atoms with Gasteiger partial charge in [-0.05, 0) is 62.5 Å². The molecule has 8 heteroatoms. The van der Waals surface area contributed by atoms with Crippen molar-refractivity contribution in [3.8, 4) is 23.2 Å². The van der Waals surface area contributed by atoms with Crippen molar-refractivity contribution >= 4 is 5.91 Å². The van der Waals surface area contributed by atoms with Crippen molar-refractivity contribution in [1.29, 1.82) is 0 Å². The Bertz CT molecular complexity index is 1420. The van der Waals surface area contributed by atoms with Crippen LogP contribution in [0.2, 0.25) is 0 Å². The Kier molecular flexibility index (Phi) is 7.17. The van der Waals surface area contributed by atoms with E-state index in [1.807, 2.05) is 70.3 Å². The van der Waals surface area contributed by atoms with Crippen LogP contribution in [-0.2, 0) is 6.54 Å². The second-order valence-electron chi connectivity index (χ2n) is 9.27. The Balaban J connectivity index is 1.21. The maximum atomic E-state index is 12.7. The third-order valence-electron chi connectivity index (χ3n) is 6.46. The summed E-state index contributed by atoms with van der Waals surface area (Å²) in [5, 5.41) is 14.0. The van der Waals surface area contributed by atoms with Crippen LogP contribution in [0.25, 0.3) is 11.3 Å². The second-order valence-corrected chi connectivity index (χ2v) is 9.27. The molecule has 1 N–H and O–H groups in total. The highest BCUT2D eigenvalue weighted by molar-refractivity contribution is 5.94. The average molecular weight is 496 g/mol. The topological polar surface area (TPSA) is 87.6 Å². The van der Waals surface area contributed by atoms with Crippen LogP contribution in [0, 0.1) is 11.8 Å². The number of benzene rings is 2. The zero-order chi connectivity index (χ0) is 25.8. The number of amides is 1. The smallest absolute Gasteiger partial charge is 0.253 e. The molecule has 4 aromatic rings. The summed E-state index contributed by atoms with van der Waals surface area (Å²) in [5.41, 5.74) is 4.07. The molecule has 0 aliphatic carbocycles. The highest BCUT2D eigenvalue weighted by Crippen LogP contribution is 2.22. The number of carbonyl (C=O) groups is 1. The lowest BCUT2D eigenvalue weighted by Crippen LogP contribution is -2.47. The van der Waals surface area contributed by atoms with Gasteiger partial charge < -0.3 is 24.0 Å². The molecule has 1 fully saturated rings. The van der Waals surface area contributed by atoms with Crippen LogP contribution in [-0.4, -0.2) is 68.7 Å². The minimum Gasteiger partial charge on any atom is -0.385 e. The molecule has 5 rings (SSSR count). The summed E-state index contributed by atoms with van der Waals surface area (Å²) in [6.45, 7) is 5.48. The first-order valence-corrected chi connectivity index (χ1v) is 12.3. The number of hydrogen-bond donors (Lipinski definition) is 1. The molecule has 1 atom stereocenters. The molecule has 2 aromatic heterocycles. The SMILES string of the molecule is C[C@H](O)c1nccn1Cc1cc(-c2ccc(C#Cc3ccc(C(=O)N4CCN(C)CC4)cc3)cc2)on1. The van der Waals surface area contributed by atoms with Gasteiger partial charge in [-0.3, -0.25) is 4.79 Å². The van der Waals surface area contributed by atoms with Gasteiger partial charge in [0.25, 0.3) is 5.91 Å². The lowest BCUT2D eigenvalue weighted by molar-refractivity contribution is 0.0664. The quantitative estimate of drug-likeness (QED) is 0.427. The highest BCUT2D eigenvalue weighted by atomic mass is 16.5. The molecular formula is C29H29N5O3. The normalized spacial score (nSPS) is 14.7. The fraction of sp³-hybridized carbons (Fsp3) is 0.276. The molecule has 0 radical (unpaired) electrons.